The molecule has 0 aliphatic carbocycles. The number of para-hydroxylation sites is 1. The van der Waals surface area contributed by atoms with Gasteiger partial charge in [0.05, 0.1) is 5.52 Å². The summed E-state index contributed by atoms with van der Waals surface area (Å²) in [6, 6.07) is 8.62. The molecule has 0 spiro atoms. The zero-order valence-electron chi connectivity index (χ0n) is 10.5. The van der Waals surface area contributed by atoms with Crippen LogP contribution in [0.1, 0.15) is 18.1 Å². The molecule has 2 rings (SSSR count). The van der Waals surface area contributed by atoms with Gasteiger partial charge in [0.25, 0.3) is 0 Å². The van der Waals surface area contributed by atoms with E-state index in [0.29, 0.717) is 0 Å². The van der Waals surface area contributed by atoms with Gasteiger partial charge in [-0.1, -0.05) is 40.8 Å². The van der Waals surface area contributed by atoms with Crippen LogP contribution >= 0.6 is 22.6 Å². The van der Waals surface area contributed by atoms with Crippen molar-refractivity contribution in [2.45, 2.75) is 18.3 Å². The summed E-state index contributed by atoms with van der Waals surface area (Å²) in [5.41, 5.74) is 3.68. The Morgan fingerprint density at radius 3 is 2.76 bits per heavy atom. The number of hydrogen-bond acceptors (Lipinski definition) is 2. The smallest absolute Gasteiger partial charge is 0.133 e. The first kappa shape index (κ1) is 12.6. The number of anilines is 1. The number of aromatic nitrogens is 1. The fourth-order valence-electron chi connectivity index (χ4n) is 1.96. The van der Waals surface area contributed by atoms with Crippen molar-refractivity contribution in [3.05, 3.63) is 35.4 Å². The van der Waals surface area contributed by atoms with E-state index in [-0.39, 0.29) is 0 Å². The van der Waals surface area contributed by atoms with E-state index in [1.54, 1.807) is 0 Å². The molecule has 2 aromatic rings. The summed E-state index contributed by atoms with van der Waals surface area (Å²) in [6.45, 7) is 5.25. The van der Waals surface area contributed by atoms with Crippen LogP contribution in [0.3, 0.4) is 0 Å². The number of benzene rings is 1. The molecule has 0 radical (unpaired) electrons. The van der Waals surface area contributed by atoms with Gasteiger partial charge in [-0.25, -0.2) is 4.98 Å². The third kappa shape index (κ3) is 2.39. The molecule has 1 aromatic carbocycles. The second kappa shape index (κ2) is 5.21. The summed E-state index contributed by atoms with van der Waals surface area (Å²) in [6.07, 6.45) is 0. The topological polar surface area (TPSA) is 16.1 Å². The molecular weight excluding hydrogens is 323 g/mol. The molecule has 0 saturated carbocycles. The van der Waals surface area contributed by atoms with E-state index < -0.39 is 0 Å². The maximum absolute atomic E-state index is 4.84. The highest BCUT2D eigenvalue weighted by molar-refractivity contribution is 14.1. The van der Waals surface area contributed by atoms with Gasteiger partial charge in [0.2, 0.25) is 0 Å². The fourth-order valence-corrected chi connectivity index (χ4v) is 2.52. The van der Waals surface area contributed by atoms with Gasteiger partial charge in [0.1, 0.15) is 5.82 Å². The lowest BCUT2D eigenvalue weighted by molar-refractivity contribution is 0.935. The molecule has 0 fully saturated rings. The van der Waals surface area contributed by atoms with Gasteiger partial charge in [0, 0.05) is 29.0 Å². The molecule has 1 aromatic heterocycles. The summed E-state index contributed by atoms with van der Waals surface area (Å²) in [5, 5.41) is 1.24. The maximum Gasteiger partial charge on any atom is 0.133 e. The van der Waals surface area contributed by atoms with Crippen molar-refractivity contribution < 1.29 is 0 Å². The van der Waals surface area contributed by atoms with Crippen LogP contribution in [0.2, 0.25) is 0 Å². The minimum Gasteiger partial charge on any atom is -0.360 e. The molecule has 0 aliphatic rings. The first-order chi connectivity index (χ1) is 8.17. The van der Waals surface area contributed by atoms with Crippen molar-refractivity contribution in [1.29, 1.82) is 0 Å². The Bertz CT molecular complexity index is 537. The molecule has 0 saturated heterocycles. The van der Waals surface area contributed by atoms with Crippen molar-refractivity contribution in [1.82, 2.24) is 4.98 Å². The molecule has 0 atom stereocenters. The van der Waals surface area contributed by atoms with Crippen molar-refractivity contribution in [2.24, 2.45) is 0 Å². The summed E-state index contributed by atoms with van der Waals surface area (Å²) >= 11 is 2.40. The van der Waals surface area contributed by atoms with E-state index in [9.17, 15) is 0 Å². The second-order valence-corrected chi connectivity index (χ2v) is 5.03. The first-order valence-corrected chi connectivity index (χ1v) is 7.36. The van der Waals surface area contributed by atoms with E-state index in [4.69, 9.17) is 4.98 Å². The summed E-state index contributed by atoms with van der Waals surface area (Å²) in [4.78, 5) is 7.05. The number of pyridine rings is 1. The lowest BCUT2D eigenvalue weighted by Gasteiger charge is -2.19. The van der Waals surface area contributed by atoms with E-state index in [0.717, 1.165) is 22.3 Å². The monoisotopic (exact) mass is 340 g/mol. The number of fused-ring (bicyclic) bond motifs is 1. The quantitative estimate of drug-likeness (QED) is 0.622. The second-order valence-electron chi connectivity index (χ2n) is 4.27. The highest BCUT2D eigenvalue weighted by atomic mass is 127. The molecular formula is C14H17IN2. The van der Waals surface area contributed by atoms with Gasteiger partial charge >= 0.3 is 0 Å². The van der Waals surface area contributed by atoms with Crippen LogP contribution in [0.5, 0.6) is 0 Å². The van der Waals surface area contributed by atoms with Gasteiger partial charge in [-0.15, -0.1) is 0 Å². The van der Waals surface area contributed by atoms with Gasteiger partial charge in [-0.3, -0.25) is 0 Å². The van der Waals surface area contributed by atoms with Crippen LogP contribution in [-0.4, -0.2) is 18.6 Å². The maximum atomic E-state index is 4.84. The van der Waals surface area contributed by atoms with Crippen molar-refractivity contribution in [3.63, 3.8) is 0 Å². The summed E-state index contributed by atoms with van der Waals surface area (Å²) in [5.74, 6) is 1.11. The van der Waals surface area contributed by atoms with E-state index >= 15 is 0 Å². The summed E-state index contributed by atoms with van der Waals surface area (Å²) in [7, 11) is 2.10. The van der Waals surface area contributed by atoms with Crippen molar-refractivity contribution in [2.75, 3.05) is 18.5 Å². The van der Waals surface area contributed by atoms with Gasteiger partial charge < -0.3 is 4.90 Å². The Morgan fingerprint density at radius 1 is 1.35 bits per heavy atom. The van der Waals surface area contributed by atoms with Crippen LogP contribution in [0.4, 0.5) is 5.82 Å². The molecule has 0 amide bonds. The number of alkyl halides is 1. The van der Waals surface area contributed by atoms with Gasteiger partial charge in [-0.2, -0.15) is 0 Å². The Morgan fingerprint density at radius 2 is 2.12 bits per heavy atom. The predicted molar refractivity (Wildman–Crippen MR) is 83.1 cm³/mol. The van der Waals surface area contributed by atoms with Gasteiger partial charge in [-0.05, 0) is 25.5 Å². The standard InChI is InChI=1S/C14H17IN2/c1-4-17(3)14-12(9-15)8-11-7-5-6-10(2)13(11)16-14/h5-8H,4,9H2,1-3H3. The molecule has 2 nitrogen and oxygen atoms in total. The highest BCUT2D eigenvalue weighted by Crippen LogP contribution is 2.26. The SMILES string of the molecule is CCN(C)c1nc2c(C)cccc2cc1CI. The largest absolute Gasteiger partial charge is 0.360 e. The van der Waals surface area contributed by atoms with E-state index in [1.807, 2.05) is 0 Å². The van der Waals surface area contributed by atoms with Crippen molar-refractivity contribution in [3.8, 4) is 0 Å². The van der Waals surface area contributed by atoms with Crippen LogP contribution in [-0.2, 0) is 4.43 Å². The third-order valence-corrected chi connectivity index (χ3v) is 3.91. The van der Waals surface area contributed by atoms with E-state index in [1.165, 1.54) is 16.5 Å². The normalized spacial score (nSPS) is 10.8. The van der Waals surface area contributed by atoms with Crippen molar-refractivity contribution >= 4 is 39.3 Å². The van der Waals surface area contributed by atoms with Crippen LogP contribution < -0.4 is 4.90 Å². The number of hydrogen-bond donors (Lipinski definition) is 0. The Balaban J connectivity index is 2.70. The Labute approximate surface area is 116 Å². The number of rotatable bonds is 3. The average Bonchev–Trinajstić information content (AvgIpc) is 2.37. The number of nitrogens with zero attached hydrogens (tertiary/aromatic N) is 2. The minimum atomic E-state index is 0.980. The van der Waals surface area contributed by atoms with Crippen LogP contribution in [0.25, 0.3) is 10.9 Å². The number of halogens is 1. The zero-order chi connectivity index (χ0) is 12.4. The summed E-state index contributed by atoms with van der Waals surface area (Å²) < 4.78 is 0.994. The minimum absolute atomic E-state index is 0.980. The molecule has 0 unspecified atom stereocenters. The highest BCUT2D eigenvalue weighted by Gasteiger charge is 2.10. The first-order valence-electron chi connectivity index (χ1n) is 5.83. The lowest BCUT2D eigenvalue weighted by atomic mass is 10.1. The molecule has 1 heterocycles. The van der Waals surface area contributed by atoms with E-state index in [2.05, 4.69) is 72.7 Å². The van der Waals surface area contributed by atoms with Crippen LogP contribution in [0, 0.1) is 6.92 Å². The molecule has 17 heavy (non-hydrogen) atoms. The predicted octanol–water partition coefficient (Wildman–Crippen LogP) is 3.93. The Hall–Kier alpha value is -0.840. The lowest BCUT2D eigenvalue weighted by Crippen LogP contribution is -2.19. The molecule has 3 heteroatoms. The molecule has 90 valence electrons. The van der Waals surface area contributed by atoms with Gasteiger partial charge in [0.15, 0.2) is 0 Å². The molecule has 0 bridgehead atoms. The fraction of sp³-hybridized carbons (Fsp3) is 0.357. The third-order valence-electron chi connectivity index (χ3n) is 3.08. The average molecular weight is 340 g/mol. The number of aryl methyl sites for hydroxylation is 1. The molecule has 0 aliphatic heterocycles. The van der Waals surface area contributed by atoms with Crippen LogP contribution in [0.15, 0.2) is 24.3 Å². The Kier molecular flexibility index (Phi) is 3.86. The molecule has 0 N–H and O–H groups in total. The zero-order valence-corrected chi connectivity index (χ0v) is 12.7.